The van der Waals surface area contributed by atoms with Gasteiger partial charge in [0.25, 0.3) is 0 Å². The van der Waals surface area contributed by atoms with E-state index in [0.717, 1.165) is 60.7 Å². The lowest BCUT2D eigenvalue weighted by molar-refractivity contribution is 0.344. The molecule has 0 radical (unpaired) electrons. The van der Waals surface area contributed by atoms with Crippen LogP contribution in [0.2, 0.25) is 0 Å². The Labute approximate surface area is 146 Å². The summed E-state index contributed by atoms with van der Waals surface area (Å²) in [7, 11) is 4.09. The summed E-state index contributed by atoms with van der Waals surface area (Å²) in [5, 5.41) is 6.53. The van der Waals surface area contributed by atoms with Gasteiger partial charge < -0.3 is 20.0 Å². The van der Waals surface area contributed by atoms with Crippen molar-refractivity contribution in [2.45, 2.75) is 25.6 Å². The molecule has 0 bridgehead atoms. The Morgan fingerprint density at radius 2 is 1.91 bits per heavy atom. The Bertz CT molecular complexity index is 570. The number of rotatable bonds is 11. The van der Waals surface area contributed by atoms with Crippen molar-refractivity contribution in [3.05, 3.63) is 23.7 Å². The number of anilines is 2. The molecule has 0 aliphatic rings. The Balaban J connectivity index is 1.59. The fourth-order valence-electron chi connectivity index (χ4n) is 2.04. The summed E-state index contributed by atoms with van der Waals surface area (Å²) >= 11 is 3.13. The first-order chi connectivity index (χ1) is 11.2. The van der Waals surface area contributed by atoms with Crippen LogP contribution < -0.4 is 10.6 Å². The minimum Gasteiger partial charge on any atom is -0.464 e. The number of hydrogen-bond donors (Lipinski definition) is 2. The second kappa shape index (κ2) is 9.79. The average Bonchev–Trinajstić information content (AvgIpc) is 3.12. The normalized spacial score (nSPS) is 11.1. The van der Waals surface area contributed by atoms with Gasteiger partial charge in [0.15, 0.2) is 11.6 Å². The zero-order valence-electron chi connectivity index (χ0n) is 14.0. The first-order valence-corrected chi connectivity index (χ1v) is 9.68. The van der Waals surface area contributed by atoms with E-state index in [2.05, 4.69) is 43.3 Å². The molecule has 23 heavy (non-hydrogen) atoms. The lowest BCUT2D eigenvalue weighted by Gasteiger charge is -2.06. The van der Waals surface area contributed by atoms with E-state index in [4.69, 9.17) is 4.42 Å². The number of hydrogen-bond acceptors (Lipinski definition) is 8. The molecule has 2 N–H and O–H groups in total. The van der Waals surface area contributed by atoms with Crippen LogP contribution in [0.25, 0.3) is 0 Å². The third kappa shape index (κ3) is 6.40. The topological polar surface area (TPSA) is 66.2 Å². The van der Waals surface area contributed by atoms with E-state index in [1.54, 1.807) is 0 Å². The zero-order chi connectivity index (χ0) is 16.5. The van der Waals surface area contributed by atoms with E-state index in [0.29, 0.717) is 0 Å². The third-order valence-corrected chi connectivity index (χ3v) is 4.62. The van der Waals surface area contributed by atoms with Crippen LogP contribution >= 0.6 is 23.5 Å². The van der Waals surface area contributed by atoms with Gasteiger partial charge in [0.05, 0.1) is 24.0 Å². The number of thioether (sulfide) groups is 1. The highest BCUT2D eigenvalue weighted by molar-refractivity contribution is 7.98. The summed E-state index contributed by atoms with van der Waals surface area (Å²) in [6.45, 7) is 4.67. The van der Waals surface area contributed by atoms with Gasteiger partial charge in [0, 0.05) is 13.1 Å². The van der Waals surface area contributed by atoms with Gasteiger partial charge in [-0.2, -0.15) is 20.5 Å². The maximum atomic E-state index is 5.80. The first kappa shape index (κ1) is 18.1. The molecule has 6 nitrogen and oxygen atoms in total. The van der Waals surface area contributed by atoms with Gasteiger partial charge in [-0.1, -0.05) is 0 Å². The SMILES string of the molecule is CCNc1nsnc1NCCCSCc1ccc(CN(C)C)o1. The Hall–Kier alpha value is -1.25. The molecule has 128 valence electrons. The molecule has 0 aliphatic carbocycles. The van der Waals surface area contributed by atoms with E-state index in [1.807, 2.05) is 25.9 Å². The standard InChI is InChI=1S/C15H25N5OS2/c1-4-16-14-15(19-23-18-14)17-8-5-9-22-11-13-7-6-12(21-13)10-20(2)3/h6-7H,4-5,8-11H2,1-3H3,(H,16,18)(H,17,19). The summed E-state index contributed by atoms with van der Waals surface area (Å²) in [6.07, 6.45) is 1.08. The van der Waals surface area contributed by atoms with Gasteiger partial charge in [-0.15, -0.1) is 0 Å². The summed E-state index contributed by atoms with van der Waals surface area (Å²) < 4.78 is 14.3. The quantitative estimate of drug-likeness (QED) is 0.599. The highest BCUT2D eigenvalue weighted by atomic mass is 32.2. The highest BCUT2D eigenvalue weighted by Crippen LogP contribution is 2.19. The summed E-state index contributed by atoms with van der Waals surface area (Å²) in [6, 6.07) is 4.14. The predicted molar refractivity (Wildman–Crippen MR) is 99.4 cm³/mol. The van der Waals surface area contributed by atoms with Crippen molar-refractivity contribution in [2.24, 2.45) is 0 Å². The van der Waals surface area contributed by atoms with Crippen molar-refractivity contribution < 1.29 is 4.42 Å². The van der Waals surface area contributed by atoms with Crippen LogP contribution in [0.4, 0.5) is 11.6 Å². The molecule has 8 heteroatoms. The second-order valence-electron chi connectivity index (χ2n) is 5.43. The molecule has 0 aliphatic heterocycles. The molecule has 2 aromatic heterocycles. The van der Waals surface area contributed by atoms with Crippen LogP contribution in [0, 0.1) is 0 Å². The van der Waals surface area contributed by atoms with Crippen LogP contribution in [-0.2, 0) is 12.3 Å². The number of aromatic nitrogens is 2. The lowest BCUT2D eigenvalue weighted by atomic mass is 10.4. The van der Waals surface area contributed by atoms with Crippen molar-refractivity contribution in [3.63, 3.8) is 0 Å². The molecule has 0 unspecified atom stereocenters. The summed E-state index contributed by atoms with van der Waals surface area (Å²) in [5.74, 6) is 5.81. The van der Waals surface area contributed by atoms with Crippen LogP contribution in [0.1, 0.15) is 24.9 Å². The Kier molecular flexibility index (Phi) is 7.70. The monoisotopic (exact) mass is 355 g/mol. The number of nitrogens with one attached hydrogen (secondary N) is 2. The summed E-state index contributed by atoms with van der Waals surface area (Å²) in [5.41, 5.74) is 0. The Morgan fingerprint density at radius 1 is 1.17 bits per heavy atom. The zero-order valence-corrected chi connectivity index (χ0v) is 15.6. The maximum absolute atomic E-state index is 5.80. The summed E-state index contributed by atoms with van der Waals surface area (Å²) in [4.78, 5) is 2.11. The molecule has 0 aromatic carbocycles. The van der Waals surface area contributed by atoms with E-state index in [1.165, 1.54) is 11.7 Å². The van der Waals surface area contributed by atoms with Crippen molar-refractivity contribution >= 4 is 35.1 Å². The smallest absolute Gasteiger partial charge is 0.184 e. The predicted octanol–water partition coefficient (Wildman–Crippen LogP) is 3.36. The molecule has 2 rings (SSSR count). The van der Waals surface area contributed by atoms with Gasteiger partial charge in [-0.05, 0) is 45.3 Å². The van der Waals surface area contributed by atoms with Gasteiger partial charge in [0.1, 0.15) is 11.5 Å². The Morgan fingerprint density at radius 3 is 2.65 bits per heavy atom. The minimum absolute atomic E-state index is 0.852. The van der Waals surface area contributed by atoms with E-state index < -0.39 is 0 Å². The van der Waals surface area contributed by atoms with Crippen molar-refractivity contribution in [2.75, 3.05) is 43.6 Å². The van der Waals surface area contributed by atoms with Crippen LogP contribution in [0.5, 0.6) is 0 Å². The molecule has 0 saturated heterocycles. The van der Waals surface area contributed by atoms with Gasteiger partial charge >= 0.3 is 0 Å². The first-order valence-electron chi connectivity index (χ1n) is 7.79. The van der Waals surface area contributed by atoms with Crippen LogP contribution in [-0.4, -0.2) is 46.6 Å². The molecular weight excluding hydrogens is 330 g/mol. The average molecular weight is 356 g/mol. The number of furan rings is 1. The highest BCUT2D eigenvalue weighted by Gasteiger charge is 2.06. The number of nitrogens with zero attached hydrogens (tertiary/aromatic N) is 3. The molecular formula is C15H25N5OS2. The molecule has 0 atom stereocenters. The molecule has 2 heterocycles. The molecule has 0 fully saturated rings. The molecule has 0 saturated carbocycles. The maximum Gasteiger partial charge on any atom is 0.184 e. The lowest BCUT2D eigenvalue weighted by Crippen LogP contribution is -2.09. The molecule has 2 aromatic rings. The van der Waals surface area contributed by atoms with E-state index >= 15 is 0 Å². The minimum atomic E-state index is 0.852. The van der Waals surface area contributed by atoms with Gasteiger partial charge in [0.2, 0.25) is 0 Å². The second-order valence-corrected chi connectivity index (χ2v) is 7.06. The van der Waals surface area contributed by atoms with Gasteiger partial charge in [-0.25, -0.2) is 0 Å². The van der Waals surface area contributed by atoms with E-state index in [-0.39, 0.29) is 0 Å². The van der Waals surface area contributed by atoms with Crippen LogP contribution in [0.3, 0.4) is 0 Å². The third-order valence-electron chi connectivity index (χ3n) is 3.02. The molecule has 0 amide bonds. The van der Waals surface area contributed by atoms with Crippen molar-refractivity contribution in [1.82, 2.24) is 13.6 Å². The largest absolute Gasteiger partial charge is 0.464 e. The fraction of sp³-hybridized carbons (Fsp3) is 0.600. The van der Waals surface area contributed by atoms with Crippen molar-refractivity contribution in [1.29, 1.82) is 0 Å². The fourth-order valence-corrected chi connectivity index (χ4v) is 3.39. The molecule has 0 spiro atoms. The van der Waals surface area contributed by atoms with Crippen molar-refractivity contribution in [3.8, 4) is 0 Å². The van der Waals surface area contributed by atoms with Crippen LogP contribution in [0.15, 0.2) is 16.5 Å². The van der Waals surface area contributed by atoms with E-state index in [9.17, 15) is 0 Å². The van der Waals surface area contributed by atoms with Gasteiger partial charge in [-0.3, -0.25) is 0 Å².